The molecule has 82 valence electrons. The van der Waals surface area contributed by atoms with E-state index in [1.54, 1.807) is 18.3 Å². The summed E-state index contributed by atoms with van der Waals surface area (Å²) >= 11 is 1.36. The highest BCUT2D eigenvalue weighted by Gasteiger charge is 2.04. The number of nitrogens with zero attached hydrogens (tertiary/aromatic N) is 3. The van der Waals surface area contributed by atoms with Gasteiger partial charge in [-0.2, -0.15) is 0 Å². The second kappa shape index (κ2) is 4.36. The van der Waals surface area contributed by atoms with Crippen LogP contribution in [0.5, 0.6) is 0 Å². The van der Waals surface area contributed by atoms with E-state index >= 15 is 0 Å². The van der Waals surface area contributed by atoms with E-state index < -0.39 is 0 Å². The summed E-state index contributed by atoms with van der Waals surface area (Å²) < 4.78 is 0. The number of hydrogen-bond acceptors (Lipinski definition) is 6. The van der Waals surface area contributed by atoms with Crippen molar-refractivity contribution in [3.63, 3.8) is 0 Å². The summed E-state index contributed by atoms with van der Waals surface area (Å²) in [5.41, 5.74) is 12.6. The maximum atomic E-state index is 5.61. The molecule has 4 N–H and O–H groups in total. The van der Waals surface area contributed by atoms with E-state index in [0.29, 0.717) is 16.7 Å². The lowest BCUT2D eigenvalue weighted by molar-refractivity contribution is 0.928. The standard InChI is InChI=1S/C10H11N5S/c1-6-4-5-13-10(14-6)16-8-3-2-7(11)9(12)15-8/h2-5H,11H2,1H3,(H2,12,15). The van der Waals surface area contributed by atoms with Crippen molar-refractivity contribution in [3.8, 4) is 0 Å². The zero-order valence-electron chi connectivity index (χ0n) is 8.71. The Bertz CT molecular complexity index is 514. The molecule has 6 heteroatoms. The van der Waals surface area contributed by atoms with Crippen molar-refractivity contribution in [3.05, 3.63) is 30.1 Å². The number of anilines is 2. The van der Waals surface area contributed by atoms with E-state index in [1.165, 1.54) is 11.8 Å². The van der Waals surface area contributed by atoms with Crippen LogP contribution in [0.25, 0.3) is 0 Å². The molecular weight excluding hydrogens is 222 g/mol. The molecule has 0 radical (unpaired) electrons. The van der Waals surface area contributed by atoms with Gasteiger partial charge >= 0.3 is 0 Å². The molecule has 0 unspecified atom stereocenters. The van der Waals surface area contributed by atoms with Crippen LogP contribution in [0.2, 0.25) is 0 Å². The Morgan fingerprint density at radius 2 is 1.94 bits per heavy atom. The number of rotatable bonds is 2. The summed E-state index contributed by atoms with van der Waals surface area (Å²) in [5.74, 6) is 0.331. The van der Waals surface area contributed by atoms with Crippen LogP contribution in [-0.4, -0.2) is 15.0 Å². The van der Waals surface area contributed by atoms with E-state index in [0.717, 1.165) is 10.7 Å². The van der Waals surface area contributed by atoms with Gasteiger partial charge in [0, 0.05) is 11.9 Å². The summed E-state index contributed by atoms with van der Waals surface area (Å²) in [6.07, 6.45) is 1.71. The second-order valence-electron chi connectivity index (χ2n) is 3.21. The fourth-order valence-electron chi connectivity index (χ4n) is 1.09. The first-order valence-electron chi connectivity index (χ1n) is 4.64. The lowest BCUT2D eigenvalue weighted by atomic mass is 10.4. The predicted octanol–water partition coefficient (Wildman–Crippen LogP) is 1.50. The molecule has 0 fully saturated rings. The molecular formula is C10H11N5S. The van der Waals surface area contributed by atoms with Crippen LogP contribution in [0, 0.1) is 6.92 Å². The monoisotopic (exact) mass is 233 g/mol. The Kier molecular flexibility index (Phi) is 2.91. The van der Waals surface area contributed by atoms with Crippen LogP contribution in [-0.2, 0) is 0 Å². The Hall–Kier alpha value is -1.82. The van der Waals surface area contributed by atoms with Crippen molar-refractivity contribution < 1.29 is 0 Å². The summed E-state index contributed by atoms with van der Waals surface area (Å²) in [6, 6.07) is 5.36. The molecule has 0 amide bonds. The van der Waals surface area contributed by atoms with E-state index in [-0.39, 0.29) is 0 Å². The minimum absolute atomic E-state index is 0.331. The fourth-order valence-corrected chi connectivity index (χ4v) is 1.86. The molecule has 0 atom stereocenters. The van der Waals surface area contributed by atoms with Gasteiger partial charge in [0.05, 0.1) is 5.69 Å². The Morgan fingerprint density at radius 1 is 1.12 bits per heavy atom. The van der Waals surface area contributed by atoms with Crippen LogP contribution in [0.15, 0.2) is 34.6 Å². The van der Waals surface area contributed by atoms with Crippen LogP contribution < -0.4 is 11.5 Å². The SMILES string of the molecule is Cc1ccnc(Sc2ccc(N)c(N)n2)n1. The Balaban J connectivity index is 2.24. The molecule has 0 spiro atoms. The fraction of sp³-hybridized carbons (Fsp3) is 0.100. The van der Waals surface area contributed by atoms with Crippen LogP contribution >= 0.6 is 11.8 Å². The third kappa shape index (κ3) is 2.40. The van der Waals surface area contributed by atoms with E-state index in [1.807, 2.05) is 13.0 Å². The van der Waals surface area contributed by atoms with Crippen molar-refractivity contribution >= 4 is 23.3 Å². The van der Waals surface area contributed by atoms with Crippen molar-refractivity contribution in [2.24, 2.45) is 0 Å². The highest BCUT2D eigenvalue weighted by atomic mass is 32.2. The highest BCUT2D eigenvalue weighted by molar-refractivity contribution is 7.99. The minimum Gasteiger partial charge on any atom is -0.396 e. The number of aromatic nitrogens is 3. The largest absolute Gasteiger partial charge is 0.396 e. The highest BCUT2D eigenvalue weighted by Crippen LogP contribution is 2.25. The number of hydrogen-bond donors (Lipinski definition) is 2. The predicted molar refractivity (Wildman–Crippen MR) is 64.0 cm³/mol. The van der Waals surface area contributed by atoms with E-state index in [2.05, 4.69) is 15.0 Å². The Labute approximate surface area is 97.3 Å². The maximum Gasteiger partial charge on any atom is 0.194 e. The maximum absolute atomic E-state index is 5.61. The zero-order valence-corrected chi connectivity index (χ0v) is 9.53. The van der Waals surface area contributed by atoms with E-state index in [4.69, 9.17) is 11.5 Å². The van der Waals surface area contributed by atoms with Gasteiger partial charge in [-0.15, -0.1) is 0 Å². The molecule has 5 nitrogen and oxygen atoms in total. The molecule has 2 rings (SSSR count). The molecule has 0 aliphatic rings. The Morgan fingerprint density at radius 3 is 2.62 bits per heavy atom. The van der Waals surface area contributed by atoms with Crippen molar-refractivity contribution in [2.75, 3.05) is 11.5 Å². The lowest BCUT2D eigenvalue weighted by Crippen LogP contribution is -1.98. The van der Waals surface area contributed by atoms with Gasteiger partial charge in [0.2, 0.25) is 0 Å². The lowest BCUT2D eigenvalue weighted by Gasteiger charge is -2.02. The van der Waals surface area contributed by atoms with Gasteiger partial charge in [0.25, 0.3) is 0 Å². The van der Waals surface area contributed by atoms with Crippen LogP contribution in [0.4, 0.5) is 11.5 Å². The van der Waals surface area contributed by atoms with Gasteiger partial charge in [-0.3, -0.25) is 0 Å². The topological polar surface area (TPSA) is 90.7 Å². The molecule has 16 heavy (non-hydrogen) atoms. The molecule has 0 saturated heterocycles. The first-order valence-corrected chi connectivity index (χ1v) is 5.46. The molecule has 0 aliphatic heterocycles. The van der Waals surface area contributed by atoms with Gasteiger partial charge in [0.1, 0.15) is 10.8 Å². The molecule has 2 heterocycles. The molecule has 0 saturated carbocycles. The second-order valence-corrected chi connectivity index (χ2v) is 4.19. The quantitative estimate of drug-likeness (QED) is 0.764. The average molecular weight is 233 g/mol. The molecule has 0 bridgehead atoms. The summed E-state index contributed by atoms with van der Waals surface area (Å²) in [7, 11) is 0. The number of aryl methyl sites for hydroxylation is 1. The third-order valence-electron chi connectivity index (χ3n) is 1.90. The number of nitrogen functional groups attached to an aromatic ring is 2. The van der Waals surface area contributed by atoms with Gasteiger partial charge in [-0.1, -0.05) is 0 Å². The molecule has 0 aliphatic carbocycles. The van der Waals surface area contributed by atoms with Crippen molar-refractivity contribution in [1.29, 1.82) is 0 Å². The molecule has 2 aromatic rings. The van der Waals surface area contributed by atoms with Crippen LogP contribution in [0.1, 0.15) is 5.69 Å². The normalized spacial score (nSPS) is 10.3. The molecule has 0 aromatic carbocycles. The summed E-state index contributed by atoms with van der Waals surface area (Å²) in [5, 5.41) is 1.38. The van der Waals surface area contributed by atoms with Crippen molar-refractivity contribution in [1.82, 2.24) is 15.0 Å². The first kappa shape index (κ1) is 10.7. The van der Waals surface area contributed by atoms with E-state index in [9.17, 15) is 0 Å². The minimum atomic E-state index is 0.331. The zero-order chi connectivity index (χ0) is 11.5. The smallest absolute Gasteiger partial charge is 0.194 e. The number of pyridine rings is 1. The van der Waals surface area contributed by atoms with Gasteiger partial charge < -0.3 is 11.5 Å². The van der Waals surface area contributed by atoms with Crippen molar-refractivity contribution in [2.45, 2.75) is 17.1 Å². The average Bonchev–Trinajstić information content (AvgIpc) is 2.24. The third-order valence-corrected chi connectivity index (χ3v) is 2.72. The molecule has 2 aromatic heterocycles. The van der Waals surface area contributed by atoms with Gasteiger partial charge in [-0.25, -0.2) is 15.0 Å². The summed E-state index contributed by atoms with van der Waals surface area (Å²) in [4.78, 5) is 12.5. The first-order chi connectivity index (χ1) is 7.65. The number of nitrogens with two attached hydrogens (primary N) is 2. The van der Waals surface area contributed by atoms with Gasteiger partial charge in [-0.05, 0) is 36.9 Å². The van der Waals surface area contributed by atoms with Crippen LogP contribution in [0.3, 0.4) is 0 Å². The van der Waals surface area contributed by atoms with Gasteiger partial charge in [0.15, 0.2) is 5.16 Å². The summed E-state index contributed by atoms with van der Waals surface area (Å²) in [6.45, 7) is 1.91.